The number of rotatable bonds is 4. The normalized spacial score (nSPS) is 13.2. The summed E-state index contributed by atoms with van der Waals surface area (Å²) < 4.78 is 12.9. The topological polar surface area (TPSA) is 48.2 Å². The van der Waals surface area contributed by atoms with Crippen LogP contribution in [-0.4, -0.2) is 9.97 Å². The van der Waals surface area contributed by atoms with E-state index in [0.29, 0.717) is 5.82 Å². The van der Waals surface area contributed by atoms with Gasteiger partial charge >= 0.3 is 0 Å². The first kappa shape index (κ1) is 31.8. The van der Waals surface area contributed by atoms with E-state index in [-0.39, 0.29) is 0 Å². The van der Waals surface area contributed by atoms with Gasteiger partial charge in [-0.1, -0.05) is 152 Å². The van der Waals surface area contributed by atoms with Gasteiger partial charge in [0.05, 0.1) is 16.8 Å². The molecule has 12 rings (SSSR count). The van der Waals surface area contributed by atoms with Gasteiger partial charge in [0.15, 0.2) is 5.82 Å². The molecule has 3 heterocycles. The van der Waals surface area contributed by atoms with Crippen molar-refractivity contribution in [1.29, 1.82) is 0 Å². The van der Waals surface area contributed by atoms with Crippen molar-refractivity contribution in [3.8, 4) is 67.7 Å². The first-order chi connectivity index (χ1) is 28.2. The number of furan rings is 1. The minimum atomic E-state index is -0.513. The minimum Gasteiger partial charge on any atom is -0.457 e. The van der Waals surface area contributed by atoms with Crippen LogP contribution < -0.4 is 4.74 Å². The van der Waals surface area contributed by atoms with Crippen LogP contribution in [0.4, 0.5) is 0 Å². The highest BCUT2D eigenvalue weighted by molar-refractivity contribution is 6.05. The average Bonchev–Trinajstić information content (AvgIpc) is 3.80. The Morgan fingerprint density at radius 3 is 1.72 bits per heavy atom. The van der Waals surface area contributed by atoms with E-state index in [4.69, 9.17) is 19.1 Å². The van der Waals surface area contributed by atoms with Crippen LogP contribution in [0.25, 0.3) is 78.1 Å². The fourth-order valence-corrected chi connectivity index (χ4v) is 9.21. The van der Waals surface area contributed by atoms with Crippen molar-refractivity contribution in [3.05, 3.63) is 216 Å². The highest BCUT2D eigenvalue weighted by atomic mass is 16.5. The van der Waals surface area contributed by atoms with Gasteiger partial charge in [-0.25, -0.2) is 9.97 Å². The summed E-state index contributed by atoms with van der Waals surface area (Å²) in [5.41, 5.74) is 15.5. The van der Waals surface area contributed by atoms with Gasteiger partial charge in [0.25, 0.3) is 0 Å². The van der Waals surface area contributed by atoms with Crippen molar-refractivity contribution in [3.63, 3.8) is 0 Å². The molecule has 266 valence electrons. The molecule has 0 radical (unpaired) electrons. The first-order valence-electron chi connectivity index (χ1n) is 19.3. The Kier molecular flexibility index (Phi) is 6.81. The Morgan fingerprint density at radius 2 is 0.930 bits per heavy atom. The highest BCUT2D eigenvalue weighted by Crippen LogP contribution is 2.62. The van der Waals surface area contributed by atoms with Crippen LogP contribution in [0.5, 0.6) is 11.5 Å². The summed E-state index contributed by atoms with van der Waals surface area (Å²) in [7, 11) is 0. The quantitative estimate of drug-likeness (QED) is 0.181. The molecule has 2 aliphatic rings. The van der Waals surface area contributed by atoms with Gasteiger partial charge in [0.2, 0.25) is 0 Å². The molecule has 0 amide bonds. The Morgan fingerprint density at radius 1 is 0.351 bits per heavy atom. The summed E-state index contributed by atoms with van der Waals surface area (Å²) in [6.45, 7) is 0. The standard InChI is InChI=1S/C53H32N2O2/c1-2-12-34(13-3-1)46-32-47(37-26-28-41-40-16-6-10-20-48(40)56-51(41)31-37)55-52(54-46)35-24-22-33(23-25-35)36-27-29-50-45(30-36)53(44-19-9-11-21-49(44)57-50)42-17-7-4-14-38(42)39-15-5-8-18-43(39)53/h1-32H. The number of para-hydroxylation sites is 2. The molecule has 10 aromatic rings. The van der Waals surface area contributed by atoms with Gasteiger partial charge in [0.1, 0.15) is 22.7 Å². The molecule has 8 aromatic carbocycles. The molecule has 1 aliphatic carbocycles. The molecule has 2 aromatic heterocycles. The molecule has 0 N–H and O–H groups in total. The summed E-state index contributed by atoms with van der Waals surface area (Å²) in [4.78, 5) is 10.3. The molecule has 0 saturated carbocycles. The van der Waals surface area contributed by atoms with E-state index < -0.39 is 5.41 Å². The van der Waals surface area contributed by atoms with Crippen LogP contribution in [0.15, 0.2) is 199 Å². The fourth-order valence-electron chi connectivity index (χ4n) is 9.21. The van der Waals surface area contributed by atoms with Crippen LogP contribution in [0, 0.1) is 0 Å². The molecule has 1 aliphatic heterocycles. The van der Waals surface area contributed by atoms with Gasteiger partial charge < -0.3 is 9.15 Å². The van der Waals surface area contributed by atoms with E-state index in [1.54, 1.807) is 0 Å². The smallest absolute Gasteiger partial charge is 0.160 e. The first-order valence-corrected chi connectivity index (χ1v) is 19.3. The predicted octanol–water partition coefficient (Wildman–Crippen LogP) is 13.5. The lowest BCUT2D eigenvalue weighted by atomic mass is 9.66. The minimum absolute atomic E-state index is 0.513. The Labute approximate surface area is 329 Å². The van der Waals surface area contributed by atoms with Crippen molar-refractivity contribution in [2.45, 2.75) is 5.41 Å². The molecule has 57 heavy (non-hydrogen) atoms. The van der Waals surface area contributed by atoms with E-state index in [1.807, 2.05) is 36.4 Å². The summed E-state index contributed by atoms with van der Waals surface area (Å²) in [5.74, 6) is 2.43. The lowest BCUT2D eigenvalue weighted by molar-refractivity contribution is 0.436. The van der Waals surface area contributed by atoms with Crippen LogP contribution in [0.3, 0.4) is 0 Å². The van der Waals surface area contributed by atoms with Gasteiger partial charge in [-0.2, -0.15) is 0 Å². The number of hydrogen-bond donors (Lipinski definition) is 0. The van der Waals surface area contributed by atoms with E-state index in [2.05, 4.69) is 158 Å². The largest absolute Gasteiger partial charge is 0.457 e. The predicted molar refractivity (Wildman–Crippen MR) is 228 cm³/mol. The van der Waals surface area contributed by atoms with Crippen molar-refractivity contribution in [2.75, 3.05) is 0 Å². The molecular formula is C53H32N2O2. The van der Waals surface area contributed by atoms with Crippen LogP contribution in [0.1, 0.15) is 22.3 Å². The molecular weight excluding hydrogens is 697 g/mol. The third-order valence-electron chi connectivity index (χ3n) is 11.8. The van der Waals surface area contributed by atoms with Crippen LogP contribution >= 0.6 is 0 Å². The molecule has 1 spiro atoms. The van der Waals surface area contributed by atoms with Crippen molar-refractivity contribution < 1.29 is 9.15 Å². The van der Waals surface area contributed by atoms with Crippen molar-refractivity contribution in [1.82, 2.24) is 9.97 Å². The molecule has 0 fully saturated rings. The van der Waals surface area contributed by atoms with E-state index in [0.717, 1.165) is 83.8 Å². The average molecular weight is 729 g/mol. The second-order valence-electron chi connectivity index (χ2n) is 14.9. The molecule has 0 unspecified atom stereocenters. The molecule has 0 saturated heterocycles. The number of hydrogen-bond acceptors (Lipinski definition) is 4. The van der Waals surface area contributed by atoms with Gasteiger partial charge in [-0.15, -0.1) is 0 Å². The highest BCUT2D eigenvalue weighted by Gasteiger charge is 2.51. The zero-order valence-electron chi connectivity index (χ0n) is 30.7. The van der Waals surface area contributed by atoms with Crippen LogP contribution in [0.2, 0.25) is 0 Å². The van der Waals surface area contributed by atoms with E-state index >= 15 is 0 Å². The maximum Gasteiger partial charge on any atom is 0.160 e. The number of nitrogens with zero attached hydrogens (tertiary/aromatic N) is 2. The SMILES string of the molecule is c1ccc(-c2cc(-c3ccc4c(c3)oc3ccccc34)nc(-c3ccc(-c4ccc5c(c4)C4(c6ccccc6O5)c5ccccc5-c5ccccc54)cc3)n2)cc1. The number of aromatic nitrogens is 2. The van der Waals surface area contributed by atoms with Gasteiger partial charge in [-0.3, -0.25) is 0 Å². The maximum absolute atomic E-state index is 6.67. The van der Waals surface area contributed by atoms with Crippen molar-refractivity contribution in [2.24, 2.45) is 0 Å². The Bertz CT molecular complexity index is 3170. The van der Waals surface area contributed by atoms with Crippen molar-refractivity contribution >= 4 is 21.9 Å². The summed E-state index contributed by atoms with van der Waals surface area (Å²) in [6, 6.07) is 68.3. The fraction of sp³-hybridized carbons (Fsp3) is 0.0189. The van der Waals surface area contributed by atoms with Crippen LogP contribution in [-0.2, 0) is 5.41 Å². The second kappa shape index (κ2) is 12.2. The molecule has 0 atom stereocenters. The summed E-state index contributed by atoms with van der Waals surface area (Å²) in [5, 5.41) is 2.20. The Balaban J connectivity index is 0.976. The summed E-state index contributed by atoms with van der Waals surface area (Å²) >= 11 is 0. The third kappa shape index (κ3) is 4.74. The molecule has 0 bridgehead atoms. The van der Waals surface area contributed by atoms with Gasteiger partial charge in [0, 0.05) is 38.6 Å². The number of ether oxygens (including phenoxy) is 1. The lowest BCUT2D eigenvalue weighted by Gasteiger charge is -2.39. The summed E-state index contributed by atoms with van der Waals surface area (Å²) in [6.07, 6.45) is 0. The monoisotopic (exact) mass is 728 g/mol. The Hall–Kier alpha value is -7.56. The lowest BCUT2D eigenvalue weighted by Crippen LogP contribution is -2.32. The zero-order chi connectivity index (χ0) is 37.5. The molecule has 4 nitrogen and oxygen atoms in total. The van der Waals surface area contributed by atoms with E-state index in [9.17, 15) is 0 Å². The van der Waals surface area contributed by atoms with Gasteiger partial charge in [-0.05, 0) is 75.8 Å². The maximum atomic E-state index is 6.67. The number of fused-ring (bicyclic) bond motifs is 12. The third-order valence-corrected chi connectivity index (χ3v) is 11.8. The molecule has 4 heteroatoms. The second-order valence-corrected chi connectivity index (χ2v) is 14.9. The van der Waals surface area contributed by atoms with E-state index in [1.165, 1.54) is 22.3 Å². The number of benzene rings is 8. The zero-order valence-corrected chi connectivity index (χ0v) is 30.7.